The Balaban J connectivity index is 2.26. The van der Waals surface area contributed by atoms with Crippen molar-refractivity contribution in [2.75, 3.05) is 39.3 Å². The van der Waals surface area contributed by atoms with E-state index in [1.165, 1.54) is 0 Å². The normalized spacial score (nSPS) is 19.1. The molecule has 1 fully saturated rings. The Labute approximate surface area is 79.1 Å². The van der Waals surface area contributed by atoms with Gasteiger partial charge in [-0.05, 0) is 0 Å². The molecule has 0 aromatic carbocycles. The van der Waals surface area contributed by atoms with Crippen molar-refractivity contribution >= 4 is 5.91 Å². The molecule has 0 spiro atoms. The number of β-amino-alcohol motifs (C(OH)–C–C–N with tert-alkyl or cyclic N) is 1. The van der Waals surface area contributed by atoms with E-state index in [2.05, 4.69) is 4.90 Å². The van der Waals surface area contributed by atoms with Gasteiger partial charge in [-0.15, -0.1) is 0 Å². The second kappa shape index (κ2) is 5.19. The number of carbonyl (C=O) groups excluding carboxylic acids is 1. The van der Waals surface area contributed by atoms with Crippen molar-refractivity contribution in [1.29, 1.82) is 0 Å². The molecule has 0 saturated carbocycles. The molecule has 1 aliphatic rings. The summed E-state index contributed by atoms with van der Waals surface area (Å²) in [6, 6.07) is 0. The predicted molar refractivity (Wildman–Crippen MR) is 50.4 cm³/mol. The summed E-state index contributed by atoms with van der Waals surface area (Å²) in [4.78, 5) is 15.4. The van der Waals surface area contributed by atoms with E-state index < -0.39 is 0 Å². The van der Waals surface area contributed by atoms with Crippen LogP contribution in [-0.4, -0.2) is 60.1 Å². The van der Waals surface area contributed by atoms with Gasteiger partial charge in [0.15, 0.2) is 0 Å². The smallest absolute Gasteiger partial charge is 0.222 e. The third-order valence-corrected chi connectivity index (χ3v) is 2.44. The molecule has 1 rings (SSSR count). The van der Waals surface area contributed by atoms with Gasteiger partial charge in [0.2, 0.25) is 5.91 Å². The monoisotopic (exact) mass is 186 g/mol. The second-order valence-electron chi connectivity index (χ2n) is 3.30. The van der Waals surface area contributed by atoms with E-state index in [9.17, 15) is 4.79 Å². The lowest BCUT2D eigenvalue weighted by molar-refractivity contribution is -0.132. The molecule has 1 N–H and O–H groups in total. The summed E-state index contributed by atoms with van der Waals surface area (Å²) in [5.74, 6) is 0.239. The second-order valence-corrected chi connectivity index (χ2v) is 3.30. The van der Waals surface area contributed by atoms with Crippen molar-refractivity contribution in [1.82, 2.24) is 9.80 Å². The van der Waals surface area contributed by atoms with Gasteiger partial charge in [0, 0.05) is 39.1 Å². The molecule has 0 radical (unpaired) electrons. The van der Waals surface area contributed by atoms with Crippen LogP contribution in [0.4, 0.5) is 0 Å². The lowest BCUT2D eigenvalue weighted by Gasteiger charge is -2.34. The van der Waals surface area contributed by atoms with Gasteiger partial charge in [0.1, 0.15) is 0 Å². The number of piperazine rings is 1. The first-order valence-electron chi connectivity index (χ1n) is 4.89. The highest BCUT2D eigenvalue weighted by Crippen LogP contribution is 2.02. The van der Waals surface area contributed by atoms with E-state index in [0.29, 0.717) is 6.42 Å². The fourth-order valence-corrected chi connectivity index (χ4v) is 1.59. The summed E-state index contributed by atoms with van der Waals surface area (Å²) < 4.78 is 0. The Morgan fingerprint density at radius 1 is 1.31 bits per heavy atom. The Hall–Kier alpha value is -0.610. The zero-order valence-electron chi connectivity index (χ0n) is 8.20. The summed E-state index contributed by atoms with van der Waals surface area (Å²) >= 11 is 0. The van der Waals surface area contributed by atoms with Crippen LogP contribution in [-0.2, 0) is 4.79 Å². The third kappa shape index (κ3) is 2.97. The summed E-state index contributed by atoms with van der Waals surface area (Å²) in [5.41, 5.74) is 0. The lowest BCUT2D eigenvalue weighted by atomic mass is 10.3. The summed E-state index contributed by atoms with van der Waals surface area (Å²) in [6.07, 6.45) is 0.597. The quantitative estimate of drug-likeness (QED) is 0.648. The van der Waals surface area contributed by atoms with Crippen LogP contribution < -0.4 is 0 Å². The average molecular weight is 186 g/mol. The lowest BCUT2D eigenvalue weighted by Crippen LogP contribution is -2.49. The SMILES string of the molecule is CCC(=O)N1CCN(CCO)CC1. The first kappa shape index (κ1) is 10.5. The molecule has 76 valence electrons. The molecule has 4 nitrogen and oxygen atoms in total. The van der Waals surface area contributed by atoms with Gasteiger partial charge in [-0.3, -0.25) is 9.69 Å². The van der Waals surface area contributed by atoms with E-state index in [1.54, 1.807) is 0 Å². The first-order valence-corrected chi connectivity index (χ1v) is 4.89. The van der Waals surface area contributed by atoms with Gasteiger partial charge < -0.3 is 10.0 Å². The molecule has 1 saturated heterocycles. The highest BCUT2D eigenvalue weighted by Gasteiger charge is 2.18. The number of carbonyl (C=O) groups is 1. The van der Waals surface area contributed by atoms with Crippen molar-refractivity contribution in [3.8, 4) is 0 Å². The van der Waals surface area contributed by atoms with Gasteiger partial charge in [0.05, 0.1) is 6.61 Å². The first-order chi connectivity index (χ1) is 6.27. The molecule has 1 aliphatic heterocycles. The summed E-state index contributed by atoms with van der Waals surface area (Å²) in [6.45, 7) is 6.25. The Kier molecular flexibility index (Phi) is 4.18. The standard InChI is InChI=1S/C9H18N2O2/c1-2-9(13)11-5-3-10(4-6-11)7-8-12/h12H,2-8H2,1H3. The minimum absolute atomic E-state index is 0.210. The molecular formula is C9H18N2O2. The van der Waals surface area contributed by atoms with Gasteiger partial charge in [-0.1, -0.05) is 6.92 Å². The Morgan fingerprint density at radius 2 is 1.92 bits per heavy atom. The summed E-state index contributed by atoms with van der Waals surface area (Å²) in [5, 5.41) is 8.72. The third-order valence-electron chi connectivity index (χ3n) is 2.44. The molecule has 1 heterocycles. The molecule has 0 aliphatic carbocycles. The molecule has 13 heavy (non-hydrogen) atoms. The number of nitrogens with zero attached hydrogens (tertiary/aromatic N) is 2. The van der Waals surface area contributed by atoms with Crippen LogP contribution in [0.3, 0.4) is 0 Å². The Morgan fingerprint density at radius 3 is 2.38 bits per heavy atom. The minimum atomic E-state index is 0.210. The largest absolute Gasteiger partial charge is 0.395 e. The van der Waals surface area contributed by atoms with Crippen LogP contribution in [0.25, 0.3) is 0 Å². The van der Waals surface area contributed by atoms with Crippen LogP contribution in [0.2, 0.25) is 0 Å². The van der Waals surface area contributed by atoms with Crippen molar-refractivity contribution in [2.24, 2.45) is 0 Å². The number of aliphatic hydroxyl groups excluding tert-OH is 1. The zero-order valence-corrected chi connectivity index (χ0v) is 8.20. The maximum atomic E-state index is 11.3. The van der Waals surface area contributed by atoms with Crippen molar-refractivity contribution in [3.63, 3.8) is 0 Å². The fraction of sp³-hybridized carbons (Fsp3) is 0.889. The van der Waals surface area contributed by atoms with Crippen LogP contribution >= 0.6 is 0 Å². The van der Waals surface area contributed by atoms with Crippen LogP contribution in [0.5, 0.6) is 0 Å². The maximum Gasteiger partial charge on any atom is 0.222 e. The van der Waals surface area contributed by atoms with E-state index >= 15 is 0 Å². The van der Waals surface area contributed by atoms with Gasteiger partial charge in [-0.2, -0.15) is 0 Å². The van der Waals surface area contributed by atoms with Gasteiger partial charge in [0.25, 0.3) is 0 Å². The molecular weight excluding hydrogens is 168 g/mol. The number of hydrogen-bond acceptors (Lipinski definition) is 3. The van der Waals surface area contributed by atoms with Gasteiger partial charge >= 0.3 is 0 Å². The van der Waals surface area contributed by atoms with Crippen molar-refractivity contribution in [2.45, 2.75) is 13.3 Å². The number of amides is 1. The predicted octanol–water partition coefficient (Wildman–Crippen LogP) is -0.467. The molecule has 1 amide bonds. The van der Waals surface area contributed by atoms with Gasteiger partial charge in [-0.25, -0.2) is 0 Å². The van der Waals surface area contributed by atoms with E-state index in [4.69, 9.17) is 5.11 Å². The number of aliphatic hydroxyl groups is 1. The fourth-order valence-electron chi connectivity index (χ4n) is 1.59. The molecule has 0 bridgehead atoms. The molecule has 0 aromatic heterocycles. The molecule has 4 heteroatoms. The summed E-state index contributed by atoms with van der Waals surface area (Å²) in [7, 11) is 0. The van der Waals surface area contributed by atoms with E-state index in [1.807, 2.05) is 11.8 Å². The van der Waals surface area contributed by atoms with Crippen molar-refractivity contribution in [3.05, 3.63) is 0 Å². The average Bonchev–Trinajstić information content (AvgIpc) is 2.18. The zero-order chi connectivity index (χ0) is 9.68. The number of hydrogen-bond donors (Lipinski definition) is 1. The highest BCUT2D eigenvalue weighted by atomic mass is 16.3. The van der Waals surface area contributed by atoms with E-state index in [0.717, 1.165) is 32.7 Å². The molecule has 0 aromatic rings. The minimum Gasteiger partial charge on any atom is -0.395 e. The topological polar surface area (TPSA) is 43.8 Å². The van der Waals surface area contributed by atoms with Crippen molar-refractivity contribution < 1.29 is 9.90 Å². The highest BCUT2D eigenvalue weighted by molar-refractivity contribution is 5.75. The molecule has 0 unspecified atom stereocenters. The van der Waals surface area contributed by atoms with Crippen LogP contribution in [0, 0.1) is 0 Å². The van der Waals surface area contributed by atoms with E-state index in [-0.39, 0.29) is 12.5 Å². The molecule has 0 atom stereocenters. The number of rotatable bonds is 3. The van der Waals surface area contributed by atoms with Crippen LogP contribution in [0.1, 0.15) is 13.3 Å². The Bertz CT molecular complexity index is 165. The maximum absolute atomic E-state index is 11.3. The van der Waals surface area contributed by atoms with Crippen LogP contribution in [0.15, 0.2) is 0 Å².